The molecule has 2 N–H and O–H groups in total. The number of hydrogen-bond acceptors (Lipinski definition) is 8. The summed E-state index contributed by atoms with van der Waals surface area (Å²) in [5.41, 5.74) is 0. The van der Waals surface area contributed by atoms with Crippen molar-refractivity contribution in [1.82, 2.24) is 20.4 Å². The van der Waals surface area contributed by atoms with Crippen molar-refractivity contribution in [3.8, 4) is 0 Å². The van der Waals surface area contributed by atoms with Gasteiger partial charge in [-0.25, -0.2) is 0 Å². The highest BCUT2D eigenvalue weighted by Gasteiger charge is 2.08. The molecule has 1 rings (SSSR count). The molecular weight excluding hydrogens is 264 g/mol. The summed E-state index contributed by atoms with van der Waals surface area (Å²) in [6, 6.07) is 0. The Morgan fingerprint density at radius 2 is 1.05 bits per heavy atom. The number of carboxylic acids is 2. The van der Waals surface area contributed by atoms with Crippen LogP contribution in [0.4, 0.5) is 0 Å². The molecule has 0 aliphatic carbocycles. The normalized spacial score (nSPS) is 20.8. The minimum atomic E-state index is -1.07. The second kappa shape index (κ2) is 9.65. The van der Waals surface area contributed by atoms with E-state index in [0.717, 1.165) is 0 Å². The number of carbonyl (C=O) groups excluding carboxylic acids is 2. The average molecular weight is 286 g/mol. The number of carboxylic acid groups (broad SMARTS) is 2. The van der Waals surface area contributed by atoms with E-state index in [9.17, 15) is 19.8 Å². The van der Waals surface area contributed by atoms with Gasteiger partial charge in [-0.15, -0.1) is 0 Å². The number of aliphatic carboxylic acids is 2. The first-order valence-corrected chi connectivity index (χ1v) is 6.84. The van der Waals surface area contributed by atoms with Gasteiger partial charge in [0.25, 0.3) is 0 Å². The van der Waals surface area contributed by atoms with Gasteiger partial charge >= 0.3 is 0 Å². The summed E-state index contributed by atoms with van der Waals surface area (Å²) in [4.78, 5) is 24.9. The van der Waals surface area contributed by atoms with Gasteiger partial charge in [0.15, 0.2) is 0 Å². The molecule has 8 nitrogen and oxygen atoms in total. The molecule has 0 aromatic rings. The lowest BCUT2D eigenvalue weighted by Gasteiger charge is -2.27. The van der Waals surface area contributed by atoms with Gasteiger partial charge in [-0.1, -0.05) is 0 Å². The quantitative estimate of drug-likeness (QED) is 0.530. The second-order valence-electron chi connectivity index (χ2n) is 4.80. The zero-order valence-corrected chi connectivity index (χ0v) is 11.6. The maximum Gasteiger partial charge on any atom is 0.0555 e. The van der Waals surface area contributed by atoms with Crippen LogP contribution in [0.5, 0.6) is 0 Å². The number of rotatable bonds is 4. The van der Waals surface area contributed by atoms with Gasteiger partial charge in [0, 0.05) is 65.4 Å². The van der Waals surface area contributed by atoms with E-state index < -0.39 is 11.9 Å². The Balaban J connectivity index is 2.37. The predicted octanol–water partition coefficient (Wildman–Crippen LogP) is -4.72. The molecule has 1 heterocycles. The Morgan fingerprint density at radius 3 is 1.30 bits per heavy atom. The van der Waals surface area contributed by atoms with Crippen LogP contribution in [0.1, 0.15) is 0 Å². The molecule has 0 aromatic carbocycles. The summed E-state index contributed by atoms with van der Waals surface area (Å²) in [6.07, 6.45) is 0. The van der Waals surface area contributed by atoms with Gasteiger partial charge in [-0.05, 0) is 0 Å². The Kier molecular flexibility index (Phi) is 8.12. The van der Waals surface area contributed by atoms with Crippen LogP contribution in [0.15, 0.2) is 0 Å². The molecule has 8 heteroatoms. The van der Waals surface area contributed by atoms with Gasteiger partial charge in [0.1, 0.15) is 0 Å². The molecule has 0 aromatic heterocycles. The molecule has 0 bridgehead atoms. The molecule has 0 spiro atoms. The van der Waals surface area contributed by atoms with E-state index in [1.165, 1.54) is 0 Å². The Hall–Kier alpha value is -1.22. The Labute approximate surface area is 118 Å². The van der Waals surface area contributed by atoms with Crippen LogP contribution in [0, 0.1) is 0 Å². The molecule has 0 unspecified atom stereocenters. The van der Waals surface area contributed by atoms with Crippen molar-refractivity contribution in [3.05, 3.63) is 0 Å². The third kappa shape index (κ3) is 8.05. The lowest BCUT2D eigenvalue weighted by atomic mass is 10.3. The van der Waals surface area contributed by atoms with E-state index in [4.69, 9.17) is 0 Å². The van der Waals surface area contributed by atoms with Crippen molar-refractivity contribution in [2.45, 2.75) is 0 Å². The van der Waals surface area contributed by atoms with Crippen LogP contribution in [0.2, 0.25) is 0 Å². The molecule has 20 heavy (non-hydrogen) atoms. The van der Waals surface area contributed by atoms with Gasteiger partial charge in [0.2, 0.25) is 0 Å². The maximum absolute atomic E-state index is 10.6. The number of carbonyl (C=O) groups is 2. The van der Waals surface area contributed by atoms with Crippen LogP contribution in [0.3, 0.4) is 0 Å². The van der Waals surface area contributed by atoms with Crippen LogP contribution >= 0.6 is 0 Å². The summed E-state index contributed by atoms with van der Waals surface area (Å²) in [6.45, 7) is 4.98. The molecule has 0 amide bonds. The molecule has 0 radical (unpaired) electrons. The fraction of sp³-hybridized carbons (Fsp3) is 0.833. The van der Waals surface area contributed by atoms with E-state index in [2.05, 4.69) is 10.6 Å². The highest BCUT2D eigenvalue weighted by atomic mass is 16.4. The van der Waals surface area contributed by atoms with Gasteiger partial charge < -0.3 is 30.4 Å². The molecule has 1 saturated heterocycles. The highest BCUT2D eigenvalue weighted by Crippen LogP contribution is 1.89. The smallest absolute Gasteiger partial charge is 0.0555 e. The first-order chi connectivity index (χ1) is 9.58. The minimum Gasteiger partial charge on any atom is -0.549 e. The zero-order chi connectivity index (χ0) is 14.8. The first-order valence-electron chi connectivity index (χ1n) is 6.84. The number of hydrogen-bond donors (Lipinski definition) is 2. The van der Waals surface area contributed by atoms with Crippen molar-refractivity contribution < 1.29 is 19.8 Å². The highest BCUT2D eigenvalue weighted by molar-refractivity contribution is 5.66. The number of nitrogens with zero attached hydrogens (tertiary/aromatic N) is 2. The van der Waals surface area contributed by atoms with Crippen LogP contribution < -0.4 is 20.8 Å². The topological polar surface area (TPSA) is 111 Å². The van der Waals surface area contributed by atoms with Crippen LogP contribution in [-0.4, -0.2) is 87.2 Å². The van der Waals surface area contributed by atoms with Crippen molar-refractivity contribution in [2.75, 3.05) is 65.4 Å². The molecule has 1 aliphatic rings. The van der Waals surface area contributed by atoms with E-state index >= 15 is 0 Å². The Bertz CT molecular complexity index is 272. The van der Waals surface area contributed by atoms with Crippen LogP contribution in [0.25, 0.3) is 0 Å². The largest absolute Gasteiger partial charge is 0.549 e. The average Bonchev–Trinajstić information content (AvgIpc) is 2.33. The Morgan fingerprint density at radius 1 is 0.750 bits per heavy atom. The van der Waals surface area contributed by atoms with Crippen molar-refractivity contribution in [1.29, 1.82) is 0 Å². The van der Waals surface area contributed by atoms with Crippen LogP contribution in [-0.2, 0) is 9.59 Å². The van der Waals surface area contributed by atoms with E-state index in [1.807, 2.05) is 9.80 Å². The summed E-state index contributed by atoms with van der Waals surface area (Å²) in [5, 5.41) is 27.6. The van der Waals surface area contributed by atoms with E-state index in [0.29, 0.717) is 52.4 Å². The van der Waals surface area contributed by atoms with E-state index in [-0.39, 0.29) is 13.1 Å². The van der Waals surface area contributed by atoms with Crippen molar-refractivity contribution in [2.24, 2.45) is 0 Å². The summed E-state index contributed by atoms with van der Waals surface area (Å²) in [5.74, 6) is -2.14. The summed E-state index contributed by atoms with van der Waals surface area (Å²) in [7, 11) is 0. The third-order valence-electron chi connectivity index (χ3n) is 3.12. The van der Waals surface area contributed by atoms with Crippen molar-refractivity contribution >= 4 is 11.9 Å². The van der Waals surface area contributed by atoms with Crippen molar-refractivity contribution in [3.63, 3.8) is 0 Å². The fourth-order valence-electron chi connectivity index (χ4n) is 2.10. The summed E-state index contributed by atoms with van der Waals surface area (Å²) >= 11 is 0. The second-order valence-corrected chi connectivity index (χ2v) is 4.80. The van der Waals surface area contributed by atoms with Gasteiger partial charge in [-0.2, -0.15) is 0 Å². The third-order valence-corrected chi connectivity index (χ3v) is 3.12. The minimum absolute atomic E-state index is 0.0693. The predicted molar refractivity (Wildman–Crippen MR) is 68.6 cm³/mol. The molecule has 0 saturated carbocycles. The van der Waals surface area contributed by atoms with E-state index in [1.54, 1.807) is 0 Å². The fourth-order valence-corrected chi connectivity index (χ4v) is 2.10. The zero-order valence-electron chi connectivity index (χ0n) is 11.6. The lowest BCUT2D eigenvalue weighted by Crippen LogP contribution is -2.48. The first kappa shape index (κ1) is 16.8. The monoisotopic (exact) mass is 286 g/mol. The molecule has 0 atom stereocenters. The SMILES string of the molecule is O=C([O-])CN1CCNCCN(CC(=O)[O-])CCNCC1. The maximum atomic E-state index is 10.6. The number of nitrogens with one attached hydrogen (secondary N) is 2. The lowest BCUT2D eigenvalue weighted by molar-refractivity contribution is -0.307. The van der Waals surface area contributed by atoms with Gasteiger partial charge in [-0.3, -0.25) is 9.80 Å². The summed E-state index contributed by atoms with van der Waals surface area (Å²) < 4.78 is 0. The standard InChI is InChI=1S/C12H24N4O4/c17-11(18)9-15-5-1-13-2-6-16(10-12(19)20)8-4-14-3-7-15/h13-14H,1-10H2,(H,17,18)(H,19,20)/p-2. The molecule has 116 valence electrons. The molecular formula is C12H22N4O4-2. The molecule has 1 fully saturated rings. The van der Waals surface area contributed by atoms with Gasteiger partial charge in [0.05, 0.1) is 11.9 Å². The molecule has 1 aliphatic heterocycles.